The fraction of sp³-hybridized carbons (Fsp3) is 0.857. The molecule has 2 amide bonds. The van der Waals surface area contributed by atoms with Crippen LogP contribution in [-0.4, -0.2) is 37.6 Å². The number of nitrogens with zero attached hydrogens (tertiary/aromatic N) is 1. The summed E-state index contributed by atoms with van der Waals surface area (Å²) >= 11 is 0. The van der Waals surface area contributed by atoms with Crippen molar-refractivity contribution in [3.8, 4) is 0 Å². The van der Waals surface area contributed by atoms with E-state index in [-0.39, 0.29) is 12.1 Å². The second-order valence-corrected chi connectivity index (χ2v) is 2.82. The Morgan fingerprint density at radius 3 is 2.55 bits per heavy atom. The lowest BCUT2D eigenvalue weighted by Crippen LogP contribution is -2.40. The van der Waals surface area contributed by atoms with Crippen LogP contribution in [0.3, 0.4) is 0 Å². The van der Waals surface area contributed by atoms with Crippen molar-refractivity contribution >= 4 is 6.03 Å². The Morgan fingerprint density at radius 2 is 2.18 bits per heavy atom. The molecule has 0 aliphatic rings. The molecule has 0 saturated carbocycles. The van der Waals surface area contributed by atoms with E-state index < -0.39 is 0 Å². The molecule has 0 aromatic rings. The van der Waals surface area contributed by atoms with Gasteiger partial charge in [-0.05, 0) is 19.9 Å². The van der Waals surface area contributed by atoms with Crippen LogP contribution in [0.25, 0.3) is 0 Å². The van der Waals surface area contributed by atoms with Crippen molar-refractivity contribution in [1.29, 1.82) is 0 Å². The van der Waals surface area contributed by atoms with E-state index in [0.717, 1.165) is 6.42 Å². The van der Waals surface area contributed by atoms with Crippen molar-refractivity contribution in [2.75, 3.05) is 20.6 Å². The third kappa shape index (κ3) is 4.61. The van der Waals surface area contributed by atoms with Crippen LogP contribution in [-0.2, 0) is 0 Å². The smallest absolute Gasteiger partial charge is 0.317 e. The monoisotopic (exact) mass is 159 g/mol. The first-order chi connectivity index (χ1) is 5.07. The topological polar surface area (TPSA) is 58.4 Å². The van der Waals surface area contributed by atoms with Crippen molar-refractivity contribution < 1.29 is 4.79 Å². The standard InChI is InChI=1S/C7H17N3O/c1-6(4-5-8)9-7(11)10(2)3/h6H,4-5,8H2,1-3H3,(H,9,11). The van der Waals surface area contributed by atoms with Gasteiger partial charge in [-0.25, -0.2) is 4.79 Å². The summed E-state index contributed by atoms with van der Waals surface area (Å²) in [6.45, 7) is 2.54. The highest BCUT2D eigenvalue weighted by molar-refractivity contribution is 5.73. The zero-order chi connectivity index (χ0) is 8.85. The van der Waals surface area contributed by atoms with Gasteiger partial charge in [0, 0.05) is 20.1 Å². The third-order valence-corrected chi connectivity index (χ3v) is 1.38. The molecule has 66 valence electrons. The van der Waals surface area contributed by atoms with Crippen molar-refractivity contribution in [2.24, 2.45) is 5.73 Å². The number of nitrogens with two attached hydrogens (primary N) is 1. The van der Waals surface area contributed by atoms with Crippen LogP contribution in [0.5, 0.6) is 0 Å². The Kier molecular flexibility index (Phi) is 4.61. The summed E-state index contributed by atoms with van der Waals surface area (Å²) in [5, 5.41) is 2.79. The number of amides is 2. The average molecular weight is 159 g/mol. The van der Waals surface area contributed by atoms with E-state index in [9.17, 15) is 4.79 Å². The second-order valence-electron chi connectivity index (χ2n) is 2.82. The molecule has 0 saturated heterocycles. The van der Waals surface area contributed by atoms with Crippen LogP contribution in [0, 0.1) is 0 Å². The maximum absolute atomic E-state index is 11.0. The van der Waals surface area contributed by atoms with Gasteiger partial charge in [0.2, 0.25) is 0 Å². The molecule has 0 aliphatic carbocycles. The fourth-order valence-corrected chi connectivity index (χ4v) is 0.662. The van der Waals surface area contributed by atoms with E-state index in [2.05, 4.69) is 5.32 Å². The summed E-state index contributed by atoms with van der Waals surface area (Å²) in [7, 11) is 3.43. The Bertz CT molecular complexity index is 125. The van der Waals surface area contributed by atoms with E-state index in [1.807, 2.05) is 6.92 Å². The number of urea groups is 1. The minimum atomic E-state index is -0.0639. The quantitative estimate of drug-likeness (QED) is 0.608. The van der Waals surface area contributed by atoms with Gasteiger partial charge in [-0.2, -0.15) is 0 Å². The van der Waals surface area contributed by atoms with Gasteiger partial charge in [0.25, 0.3) is 0 Å². The first-order valence-corrected chi connectivity index (χ1v) is 3.75. The molecule has 1 atom stereocenters. The van der Waals surface area contributed by atoms with E-state index in [0.29, 0.717) is 6.54 Å². The second kappa shape index (κ2) is 4.96. The molecule has 0 fully saturated rings. The molecule has 4 heteroatoms. The molecule has 0 radical (unpaired) electrons. The number of carbonyl (C=O) groups excluding carboxylic acids is 1. The van der Waals surface area contributed by atoms with E-state index in [4.69, 9.17) is 5.73 Å². The number of hydrogen-bond donors (Lipinski definition) is 2. The predicted octanol–water partition coefficient (Wildman–Crippen LogP) is -0.00510. The van der Waals surface area contributed by atoms with Gasteiger partial charge in [0.1, 0.15) is 0 Å². The number of carbonyl (C=O) groups is 1. The number of nitrogens with one attached hydrogen (secondary N) is 1. The molecule has 4 nitrogen and oxygen atoms in total. The molecular weight excluding hydrogens is 142 g/mol. The maximum atomic E-state index is 11.0. The minimum absolute atomic E-state index is 0.0639. The zero-order valence-corrected chi connectivity index (χ0v) is 7.42. The largest absolute Gasteiger partial charge is 0.336 e. The molecule has 1 unspecified atom stereocenters. The lowest BCUT2D eigenvalue weighted by molar-refractivity contribution is 0.213. The van der Waals surface area contributed by atoms with Crippen LogP contribution < -0.4 is 11.1 Å². The van der Waals surface area contributed by atoms with Gasteiger partial charge in [0.05, 0.1) is 0 Å². The van der Waals surface area contributed by atoms with Gasteiger partial charge in [-0.3, -0.25) is 0 Å². The van der Waals surface area contributed by atoms with Crippen molar-refractivity contribution in [1.82, 2.24) is 10.2 Å². The molecule has 0 heterocycles. The minimum Gasteiger partial charge on any atom is -0.336 e. The van der Waals surface area contributed by atoms with Crippen LogP contribution in [0.4, 0.5) is 4.79 Å². The first-order valence-electron chi connectivity index (χ1n) is 3.75. The van der Waals surface area contributed by atoms with E-state index in [1.54, 1.807) is 14.1 Å². The molecule has 11 heavy (non-hydrogen) atoms. The van der Waals surface area contributed by atoms with E-state index >= 15 is 0 Å². The van der Waals surface area contributed by atoms with Crippen molar-refractivity contribution in [2.45, 2.75) is 19.4 Å². The summed E-state index contributed by atoms with van der Waals surface area (Å²) < 4.78 is 0. The number of hydrogen-bond acceptors (Lipinski definition) is 2. The van der Waals surface area contributed by atoms with Gasteiger partial charge < -0.3 is 16.0 Å². The SMILES string of the molecule is CC(CCN)NC(=O)N(C)C. The summed E-state index contributed by atoms with van der Waals surface area (Å²) in [6, 6.07) is 0.0980. The average Bonchev–Trinajstić information content (AvgIpc) is 1.87. The summed E-state index contributed by atoms with van der Waals surface area (Å²) in [5.74, 6) is 0. The Labute approximate surface area is 67.7 Å². The lowest BCUT2D eigenvalue weighted by atomic mass is 10.2. The molecule has 0 aromatic heterocycles. The predicted molar refractivity (Wildman–Crippen MR) is 45.4 cm³/mol. The highest BCUT2D eigenvalue weighted by Gasteiger charge is 2.06. The van der Waals surface area contributed by atoms with Gasteiger partial charge in [-0.15, -0.1) is 0 Å². The highest BCUT2D eigenvalue weighted by Crippen LogP contribution is 1.88. The Hall–Kier alpha value is -0.770. The summed E-state index contributed by atoms with van der Waals surface area (Å²) in [4.78, 5) is 12.5. The molecule has 0 rings (SSSR count). The summed E-state index contributed by atoms with van der Waals surface area (Å²) in [6.07, 6.45) is 0.819. The molecule has 0 spiro atoms. The van der Waals surface area contributed by atoms with Gasteiger partial charge in [-0.1, -0.05) is 0 Å². The first kappa shape index (κ1) is 10.2. The number of rotatable bonds is 3. The van der Waals surface area contributed by atoms with Gasteiger partial charge >= 0.3 is 6.03 Å². The van der Waals surface area contributed by atoms with Crippen LogP contribution in [0.1, 0.15) is 13.3 Å². The highest BCUT2D eigenvalue weighted by atomic mass is 16.2. The third-order valence-electron chi connectivity index (χ3n) is 1.38. The Morgan fingerprint density at radius 1 is 1.64 bits per heavy atom. The molecular formula is C7H17N3O. The fourth-order valence-electron chi connectivity index (χ4n) is 0.662. The summed E-state index contributed by atoms with van der Waals surface area (Å²) in [5.41, 5.74) is 5.32. The van der Waals surface area contributed by atoms with Crippen LogP contribution >= 0.6 is 0 Å². The molecule has 0 bridgehead atoms. The lowest BCUT2D eigenvalue weighted by Gasteiger charge is -2.16. The maximum Gasteiger partial charge on any atom is 0.317 e. The van der Waals surface area contributed by atoms with Crippen LogP contribution in [0.2, 0.25) is 0 Å². The van der Waals surface area contributed by atoms with Gasteiger partial charge in [0.15, 0.2) is 0 Å². The normalized spacial score (nSPS) is 12.4. The molecule has 0 aliphatic heterocycles. The van der Waals surface area contributed by atoms with Crippen molar-refractivity contribution in [3.05, 3.63) is 0 Å². The molecule has 3 N–H and O–H groups in total. The molecule has 0 aromatic carbocycles. The van der Waals surface area contributed by atoms with Crippen LogP contribution in [0.15, 0.2) is 0 Å². The Balaban J connectivity index is 3.57. The van der Waals surface area contributed by atoms with E-state index in [1.165, 1.54) is 4.90 Å². The zero-order valence-electron chi connectivity index (χ0n) is 7.42. The van der Waals surface area contributed by atoms with Crippen molar-refractivity contribution in [3.63, 3.8) is 0 Å².